The van der Waals surface area contributed by atoms with E-state index in [2.05, 4.69) is 15.0 Å². The van der Waals surface area contributed by atoms with Crippen LogP contribution in [-0.4, -0.2) is 36.2 Å². The van der Waals surface area contributed by atoms with Crippen LogP contribution in [-0.2, 0) is 14.3 Å². The first-order chi connectivity index (χ1) is 9.31. The van der Waals surface area contributed by atoms with Crippen LogP contribution in [0, 0.1) is 0 Å². The number of pyridine rings is 1. The zero-order chi connectivity index (χ0) is 15.2. The number of aromatic nitrogens is 1. The van der Waals surface area contributed by atoms with Crippen LogP contribution in [0.2, 0.25) is 0 Å². The molecule has 0 aliphatic rings. The highest BCUT2D eigenvalue weighted by atomic mass is 16.6. The lowest BCUT2D eigenvalue weighted by Gasteiger charge is -2.19. The summed E-state index contributed by atoms with van der Waals surface area (Å²) in [6, 6.07) is 3.26. The Kier molecular flexibility index (Phi) is 5.49. The van der Waals surface area contributed by atoms with Crippen LogP contribution in [0.5, 0.6) is 0 Å². The monoisotopic (exact) mass is 280 g/mol. The molecule has 20 heavy (non-hydrogen) atoms. The van der Waals surface area contributed by atoms with Gasteiger partial charge in [-0.15, -0.1) is 0 Å². The molecule has 1 N–H and O–H groups in total. The minimum Gasteiger partial charge on any atom is -0.465 e. The quantitative estimate of drug-likeness (QED) is 0.831. The first-order valence-corrected chi connectivity index (χ1v) is 6.32. The van der Waals surface area contributed by atoms with E-state index in [0.717, 1.165) is 0 Å². The standard InChI is InChI=1S/C14H20N2O4/c1-14(2,3)20-12(17)7-8-15-11-6-5-10(9-16-11)13(18)19-4/h5-6,9H,7-8H2,1-4H3,(H,15,16). The Morgan fingerprint density at radius 2 is 2.00 bits per heavy atom. The van der Waals surface area contributed by atoms with E-state index in [4.69, 9.17) is 4.74 Å². The van der Waals surface area contributed by atoms with E-state index in [1.165, 1.54) is 13.3 Å². The van der Waals surface area contributed by atoms with Crippen LogP contribution < -0.4 is 5.32 Å². The number of hydrogen-bond donors (Lipinski definition) is 1. The fraction of sp³-hybridized carbons (Fsp3) is 0.500. The normalized spacial score (nSPS) is 10.8. The second-order valence-corrected chi connectivity index (χ2v) is 5.19. The molecule has 0 fully saturated rings. The summed E-state index contributed by atoms with van der Waals surface area (Å²) in [6.07, 6.45) is 1.67. The minimum absolute atomic E-state index is 0.248. The van der Waals surface area contributed by atoms with Gasteiger partial charge in [-0.3, -0.25) is 4.79 Å². The molecule has 1 heterocycles. The summed E-state index contributed by atoms with van der Waals surface area (Å²) >= 11 is 0. The van der Waals surface area contributed by atoms with Gasteiger partial charge in [-0.05, 0) is 32.9 Å². The van der Waals surface area contributed by atoms with Crippen LogP contribution in [0.15, 0.2) is 18.3 Å². The fourth-order valence-corrected chi connectivity index (χ4v) is 1.42. The van der Waals surface area contributed by atoms with Crippen LogP contribution in [0.3, 0.4) is 0 Å². The van der Waals surface area contributed by atoms with Crippen molar-refractivity contribution in [2.75, 3.05) is 19.0 Å². The Labute approximate surface area is 118 Å². The Morgan fingerprint density at radius 3 is 2.50 bits per heavy atom. The van der Waals surface area contributed by atoms with Gasteiger partial charge in [-0.1, -0.05) is 0 Å². The second kappa shape index (κ2) is 6.88. The largest absolute Gasteiger partial charge is 0.465 e. The molecule has 6 heteroatoms. The van der Waals surface area contributed by atoms with E-state index in [0.29, 0.717) is 17.9 Å². The molecule has 1 aromatic heterocycles. The number of carbonyl (C=O) groups is 2. The first-order valence-electron chi connectivity index (χ1n) is 6.32. The maximum Gasteiger partial charge on any atom is 0.339 e. The topological polar surface area (TPSA) is 77.5 Å². The van der Waals surface area contributed by atoms with Gasteiger partial charge < -0.3 is 14.8 Å². The van der Waals surface area contributed by atoms with Gasteiger partial charge in [0, 0.05) is 12.7 Å². The van der Waals surface area contributed by atoms with E-state index in [1.54, 1.807) is 12.1 Å². The number of rotatable bonds is 5. The Hall–Kier alpha value is -2.11. The number of carbonyl (C=O) groups excluding carboxylic acids is 2. The molecule has 6 nitrogen and oxygen atoms in total. The summed E-state index contributed by atoms with van der Waals surface area (Å²) in [5.41, 5.74) is -0.0949. The lowest BCUT2D eigenvalue weighted by atomic mass is 10.2. The highest BCUT2D eigenvalue weighted by molar-refractivity contribution is 5.89. The van der Waals surface area contributed by atoms with Crippen LogP contribution >= 0.6 is 0 Å². The lowest BCUT2D eigenvalue weighted by molar-refractivity contribution is -0.154. The Balaban J connectivity index is 2.39. The summed E-state index contributed by atoms with van der Waals surface area (Å²) in [5.74, 6) is -0.116. The summed E-state index contributed by atoms with van der Waals surface area (Å²) < 4.78 is 9.75. The average Bonchev–Trinajstić information content (AvgIpc) is 2.36. The molecular weight excluding hydrogens is 260 g/mol. The maximum atomic E-state index is 11.5. The molecule has 0 bridgehead atoms. The summed E-state index contributed by atoms with van der Waals surface area (Å²) in [7, 11) is 1.31. The predicted octanol–water partition coefficient (Wildman–Crippen LogP) is 2.01. The summed E-state index contributed by atoms with van der Waals surface area (Å²) in [5, 5.41) is 2.98. The van der Waals surface area contributed by atoms with Gasteiger partial charge in [0.1, 0.15) is 11.4 Å². The lowest BCUT2D eigenvalue weighted by Crippen LogP contribution is -2.25. The zero-order valence-electron chi connectivity index (χ0n) is 12.2. The molecule has 0 unspecified atom stereocenters. The van der Waals surface area contributed by atoms with Gasteiger partial charge in [0.15, 0.2) is 0 Å². The van der Waals surface area contributed by atoms with E-state index in [1.807, 2.05) is 20.8 Å². The predicted molar refractivity (Wildman–Crippen MR) is 74.5 cm³/mol. The van der Waals surface area contributed by atoms with Crippen molar-refractivity contribution in [1.29, 1.82) is 0 Å². The molecule has 0 aliphatic carbocycles. The van der Waals surface area contributed by atoms with Crippen molar-refractivity contribution in [3.05, 3.63) is 23.9 Å². The molecule has 1 rings (SSSR count). The van der Waals surface area contributed by atoms with E-state index >= 15 is 0 Å². The number of esters is 2. The van der Waals surface area contributed by atoms with E-state index in [9.17, 15) is 9.59 Å². The van der Waals surface area contributed by atoms with Gasteiger partial charge in [0.05, 0.1) is 19.1 Å². The van der Waals surface area contributed by atoms with Crippen molar-refractivity contribution < 1.29 is 19.1 Å². The third-order valence-electron chi connectivity index (χ3n) is 2.24. The summed E-state index contributed by atoms with van der Waals surface area (Å²) in [4.78, 5) is 26.8. The Bertz CT molecular complexity index is 463. The van der Waals surface area contributed by atoms with Gasteiger partial charge in [0.2, 0.25) is 0 Å². The highest BCUT2D eigenvalue weighted by Gasteiger charge is 2.15. The molecule has 110 valence electrons. The molecular formula is C14H20N2O4. The van der Waals surface area contributed by atoms with Crippen molar-refractivity contribution in [3.8, 4) is 0 Å². The number of nitrogens with zero attached hydrogens (tertiary/aromatic N) is 1. The number of anilines is 1. The average molecular weight is 280 g/mol. The third kappa shape index (κ3) is 5.69. The van der Waals surface area contributed by atoms with Crippen LogP contribution in [0.25, 0.3) is 0 Å². The van der Waals surface area contributed by atoms with Crippen molar-refractivity contribution in [2.24, 2.45) is 0 Å². The second-order valence-electron chi connectivity index (χ2n) is 5.19. The number of ether oxygens (including phenoxy) is 2. The van der Waals surface area contributed by atoms with Gasteiger partial charge in [0.25, 0.3) is 0 Å². The van der Waals surface area contributed by atoms with Crippen LogP contribution in [0.4, 0.5) is 5.82 Å². The van der Waals surface area contributed by atoms with E-state index in [-0.39, 0.29) is 12.4 Å². The molecule has 0 radical (unpaired) electrons. The first kappa shape index (κ1) is 15.9. The molecule has 0 amide bonds. The van der Waals surface area contributed by atoms with Crippen LogP contribution in [0.1, 0.15) is 37.6 Å². The fourth-order valence-electron chi connectivity index (χ4n) is 1.42. The number of methoxy groups -OCH3 is 1. The van der Waals surface area contributed by atoms with Gasteiger partial charge in [-0.2, -0.15) is 0 Å². The maximum absolute atomic E-state index is 11.5. The Morgan fingerprint density at radius 1 is 1.30 bits per heavy atom. The third-order valence-corrected chi connectivity index (χ3v) is 2.24. The zero-order valence-corrected chi connectivity index (χ0v) is 12.2. The molecule has 0 saturated heterocycles. The number of nitrogens with one attached hydrogen (secondary N) is 1. The minimum atomic E-state index is -0.475. The van der Waals surface area contributed by atoms with E-state index < -0.39 is 11.6 Å². The smallest absolute Gasteiger partial charge is 0.339 e. The number of hydrogen-bond acceptors (Lipinski definition) is 6. The van der Waals surface area contributed by atoms with Crippen molar-refractivity contribution in [2.45, 2.75) is 32.8 Å². The summed E-state index contributed by atoms with van der Waals surface area (Å²) in [6.45, 7) is 5.89. The molecule has 0 atom stereocenters. The molecule has 0 saturated carbocycles. The molecule has 0 aromatic carbocycles. The van der Waals surface area contributed by atoms with Gasteiger partial charge in [-0.25, -0.2) is 9.78 Å². The molecule has 0 spiro atoms. The SMILES string of the molecule is COC(=O)c1ccc(NCCC(=O)OC(C)(C)C)nc1. The molecule has 0 aliphatic heterocycles. The van der Waals surface area contributed by atoms with Crippen molar-refractivity contribution >= 4 is 17.8 Å². The highest BCUT2D eigenvalue weighted by Crippen LogP contribution is 2.09. The van der Waals surface area contributed by atoms with Gasteiger partial charge >= 0.3 is 11.9 Å². The molecule has 1 aromatic rings. The van der Waals surface area contributed by atoms with Crippen molar-refractivity contribution in [1.82, 2.24) is 4.98 Å². The van der Waals surface area contributed by atoms with Crippen molar-refractivity contribution in [3.63, 3.8) is 0 Å².